The summed E-state index contributed by atoms with van der Waals surface area (Å²) in [5.74, 6) is 0. The van der Waals surface area contributed by atoms with Crippen LogP contribution in [0.4, 0.5) is 0 Å². The summed E-state index contributed by atoms with van der Waals surface area (Å²) in [7, 11) is 4.24. The van der Waals surface area contributed by atoms with Crippen LogP contribution in [0, 0.1) is 0 Å². The highest BCUT2D eigenvalue weighted by Crippen LogP contribution is 2.22. The fourth-order valence-corrected chi connectivity index (χ4v) is 2.16. The van der Waals surface area contributed by atoms with E-state index in [0.29, 0.717) is 12.1 Å². The molecule has 4 nitrogen and oxygen atoms in total. The molecule has 0 amide bonds. The number of hydrogen-bond donors (Lipinski definition) is 1. The molecule has 1 aliphatic heterocycles. The summed E-state index contributed by atoms with van der Waals surface area (Å²) < 4.78 is 2.29. The normalized spacial score (nSPS) is 22.9. The Bertz CT molecular complexity index is 326. The van der Waals surface area contributed by atoms with Crippen molar-refractivity contribution in [1.82, 2.24) is 19.8 Å². The van der Waals surface area contributed by atoms with Crippen LogP contribution in [-0.4, -0.2) is 41.1 Å². The average Bonchev–Trinajstić information content (AvgIpc) is 2.85. The second-order valence-corrected chi connectivity index (χ2v) is 4.93. The number of imidazole rings is 1. The highest BCUT2D eigenvalue weighted by Gasteiger charge is 2.20. The molecule has 1 aromatic heterocycles. The van der Waals surface area contributed by atoms with Gasteiger partial charge in [-0.2, -0.15) is 0 Å². The molecule has 0 aromatic carbocycles. The van der Waals surface area contributed by atoms with Gasteiger partial charge in [0, 0.05) is 24.8 Å². The molecule has 90 valence electrons. The zero-order valence-electron chi connectivity index (χ0n) is 10.5. The predicted octanol–water partition coefficient (Wildman–Crippen LogP) is 1.26. The zero-order valence-corrected chi connectivity index (χ0v) is 10.5. The maximum Gasteiger partial charge on any atom is 0.0949 e. The summed E-state index contributed by atoms with van der Waals surface area (Å²) in [4.78, 5) is 6.53. The van der Waals surface area contributed by atoms with Gasteiger partial charge < -0.3 is 14.8 Å². The van der Waals surface area contributed by atoms with Crippen LogP contribution in [0.1, 0.15) is 31.5 Å². The molecule has 0 aliphatic carbocycles. The van der Waals surface area contributed by atoms with E-state index in [9.17, 15) is 0 Å². The van der Waals surface area contributed by atoms with Crippen molar-refractivity contribution in [3.8, 4) is 0 Å². The molecular formula is C12H22N4. The molecular weight excluding hydrogens is 200 g/mol. The molecule has 1 aliphatic rings. The van der Waals surface area contributed by atoms with Crippen molar-refractivity contribution in [1.29, 1.82) is 0 Å². The third kappa shape index (κ3) is 2.44. The van der Waals surface area contributed by atoms with Gasteiger partial charge in [0.25, 0.3) is 0 Å². The molecule has 0 spiro atoms. The molecule has 4 heteroatoms. The zero-order chi connectivity index (χ0) is 11.5. The summed E-state index contributed by atoms with van der Waals surface area (Å²) in [6, 6.07) is 1.05. The molecule has 1 aromatic rings. The quantitative estimate of drug-likeness (QED) is 0.832. The summed E-state index contributed by atoms with van der Waals surface area (Å²) in [5, 5.41) is 3.53. The Morgan fingerprint density at radius 1 is 1.62 bits per heavy atom. The second-order valence-electron chi connectivity index (χ2n) is 4.93. The van der Waals surface area contributed by atoms with E-state index in [-0.39, 0.29) is 0 Å². The van der Waals surface area contributed by atoms with E-state index in [1.54, 1.807) is 0 Å². The first-order valence-electron chi connectivity index (χ1n) is 6.08. The molecule has 0 bridgehead atoms. The van der Waals surface area contributed by atoms with Gasteiger partial charge in [0.1, 0.15) is 0 Å². The number of aromatic nitrogens is 2. The lowest BCUT2D eigenvalue weighted by Crippen LogP contribution is -2.30. The third-order valence-electron chi connectivity index (χ3n) is 3.50. The van der Waals surface area contributed by atoms with Crippen molar-refractivity contribution in [3.05, 3.63) is 18.2 Å². The molecule has 1 N–H and O–H groups in total. The van der Waals surface area contributed by atoms with E-state index >= 15 is 0 Å². The SMILES string of the molecule is CC(Cn1cncc1[C@@H]1CCCN1)N(C)C. The molecule has 2 atom stereocenters. The van der Waals surface area contributed by atoms with Gasteiger partial charge in [0.2, 0.25) is 0 Å². The van der Waals surface area contributed by atoms with Crippen molar-refractivity contribution < 1.29 is 0 Å². The minimum atomic E-state index is 0.511. The van der Waals surface area contributed by atoms with Gasteiger partial charge in [-0.15, -0.1) is 0 Å². The van der Waals surface area contributed by atoms with E-state index in [2.05, 4.69) is 40.8 Å². The number of nitrogens with one attached hydrogen (secondary N) is 1. The van der Waals surface area contributed by atoms with Crippen molar-refractivity contribution in [2.75, 3.05) is 20.6 Å². The lowest BCUT2D eigenvalue weighted by Gasteiger charge is -2.22. The fraction of sp³-hybridized carbons (Fsp3) is 0.750. The van der Waals surface area contributed by atoms with Gasteiger partial charge in [-0.3, -0.25) is 0 Å². The minimum absolute atomic E-state index is 0.511. The summed E-state index contributed by atoms with van der Waals surface area (Å²) in [5.41, 5.74) is 1.34. The van der Waals surface area contributed by atoms with Crippen molar-refractivity contribution in [2.24, 2.45) is 0 Å². The van der Waals surface area contributed by atoms with Crippen molar-refractivity contribution in [2.45, 2.75) is 38.4 Å². The standard InChI is InChI=1S/C12H22N4/c1-10(15(2)3)8-16-9-13-7-12(16)11-5-4-6-14-11/h7,9-11,14H,4-6,8H2,1-3H3/t10?,11-/m0/s1. The van der Waals surface area contributed by atoms with Crippen LogP contribution >= 0.6 is 0 Å². The molecule has 1 unspecified atom stereocenters. The van der Waals surface area contributed by atoms with Crippen LogP contribution in [0.2, 0.25) is 0 Å². The first-order chi connectivity index (χ1) is 7.68. The predicted molar refractivity (Wildman–Crippen MR) is 65.4 cm³/mol. The van der Waals surface area contributed by atoms with Crippen LogP contribution < -0.4 is 5.32 Å². The molecule has 16 heavy (non-hydrogen) atoms. The molecule has 1 fully saturated rings. The fourth-order valence-electron chi connectivity index (χ4n) is 2.16. The van der Waals surface area contributed by atoms with Crippen molar-refractivity contribution >= 4 is 0 Å². The Labute approximate surface area is 97.7 Å². The first kappa shape index (κ1) is 11.6. The van der Waals surface area contributed by atoms with Crippen LogP contribution in [0.5, 0.6) is 0 Å². The van der Waals surface area contributed by atoms with Crippen LogP contribution in [-0.2, 0) is 6.54 Å². The Morgan fingerprint density at radius 2 is 2.44 bits per heavy atom. The number of rotatable bonds is 4. The highest BCUT2D eigenvalue weighted by molar-refractivity contribution is 5.07. The lowest BCUT2D eigenvalue weighted by molar-refractivity contribution is 0.280. The summed E-state index contributed by atoms with van der Waals surface area (Å²) >= 11 is 0. The Morgan fingerprint density at radius 3 is 3.06 bits per heavy atom. The van der Waals surface area contributed by atoms with Gasteiger partial charge >= 0.3 is 0 Å². The van der Waals surface area contributed by atoms with Gasteiger partial charge in [0.15, 0.2) is 0 Å². The molecule has 1 saturated heterocycles. The lowest BCUT2D eigenvalue weighted by atomic mass is 10.1. The van der Waals surface area contributed by atoms with E-state index in [0.717, 1.165) is 13.1 Å². The number of likely N-dealkylation sites (N-methyl/N-ethyl adjacent to an activating group) is 1. The molecule has 0 radical (unpaired) electrons. The van der Waals surface area contributed by atoms with Gasteiger partial charge in [-0.25, -0.2) is 4.98 Å². The highest BCUT2D eigenvalue weighted by atomic mass is 15.2. The average molecular weight is 222 g/mol. The maximum atomic E-state index is 4.28. The van der Waals surface area contributed by atoms with Gasteiger partial charge in [0.05, 0.1) is 12.0 Å². The summed E-state index contributed by atoms with van der Waals surface area (Å²) in [6.45, 7) is 4.39. The topological polar surface area (TPSA) is 33.1 Å². The van der Waals surface area contributed by atoms with Crippen LogP contribution in [0.15, 0.2) is 12.5 Å². The Balaban J connectivity index is 2.06. The van der Waals surface area contributed by atoms with Crippen LogP contribution in [0.25, 0.3) is 0 Å². The molecule has 2 heterocycles. The molecule has 0 saturated carbocycles. The first-order valence-corrected chi connectivity index (χ1v) is 6.08. The van der Waals surface area contributed by atoms with Gasteiger partial charge in [-0.05, 0) is 40.4 Å². The minimum Gasteiger partial charge on any atom is -0.332 e. The van der Waals surface area contributed by atoms with E-state index in [4.69, 9.17) is 0 Å². The Kier molecular flexibility index (Phi) is 3.61. The van der Waals surface area contributed by atoms with Gasteiger partial charge in [-0.1, -0.05) is 0 Å². The van der Waals surface area contributed by atoms with E-state index in [1.807, 2.05) is 12.5 Å². The Hall–Kier alpha value is -0.870. The largest absolute Gasteiger partial charge is 0.332 e. The van der Waals surface area contributed by atoms with E-state index in [1.165, 1.54) is 18.5 Å². The second kappa shape index (κ2) is 4.97. The van der Waals surface area contributed by atoms with Crippen LogP contribution in [0.3, 0.4) is 0 Å². The molecule has 2 rings (SSSR count). The number of nitrogens with zero attached hydrogens (tertiary/aromatic N) is 3. The van der Waals surface area contributed by atoms with E-state index < -0.39 is 0 Å². The monoisotopic (exact) mass is 222 g/mol. The number of hydrogen-bond acceptors (Lipinski definition) is 3. The third-order valence-corrected chi connectivity index (χ3v) is 3.50. The summed E-state index contributed by atoms with van der Waals surface area (Å²) in [6.07, 6.45) is 6.47. The van der Waals surface area contributed by atoms with Crippen molar-refractivity contribution in [3.63, 3.8) is 0 Å². The smallest absolute Gasteiger partial charge is 0.0949 e. The maximum absolute atomic E-state index is 4.28.